The van der Waals surface area contributed by atoms with Crippen LogP contribution in [-0.2, 0) is 4.79 Å². The van der Waals surface area contributed by atoms with Gasteiger partial charge in [0.1, 0.15) is 0 Å². The Morgan fingerprint density at radius 3 is 2.56 bits per heavy atom. The molecule has 0 spiro atoms. The summed E-state index contributed by atoms with van der Waals surface area (Å²) in [6.45, 7) is 7.47. The minimum absolute atomic E-state index is 0.0661. The Morgan fingerprint density at radius 1 is 1.38 bits per heavy atom. The first-order valence-electron chi connectivity index (χ1n) is 6.73. The van der Waals surface area contributed by atoms with Crippen LogP contribution in [0.4, 0.5) is 0 Å². The molecular weight excluding hydrogens is 200 g/mol. The summed E-state index contributed by atoms with van der Waals surface area (Å²) in [5.41, 5.74) is 0. The Hall–Kier alpha value is -0.570. The highest BCUT2D eigenvalue weighted by atomic mass is 16.2. The molecule has 1 heterocycles. The third kappa shape index (κ3) is 2.24. The number of amides is 1. The van der Waals surface area contributed by atoms with E-state index >= 15 is 0 Å². The lowest BCUT2D eigenvalue weighted by Crippen LogP contribution is -2.39. The molecule has 2 fully saturated rings. The van der Waals surface area contributed by atoms with E-state index in [0.29, 0.717) is 11.8 Å². The molecule has 0 bridgehead atoms. The molecule has 0 aromatic carbocycles. The van der Waals surface area contributed by atoms with Crippen molar-refractivity contribution in [3.63, 3.8) is 0 Å². The molecule has 1 aliphatic carbocycles. The summed E-state index contributed by atoms with van der Waals surface area (Å²) in [5, 5.41) is 3.43. The molecule has 0 aromatic rings. The summed E-state index contributed by atoms with van der Waals surface area (Å²) in [4.78, 5) is 14.2. The molecule has 1 saturated heterocycles. The second kappa shape index (κ2) is 4.74. The van der Waals surface area contributed by atoms with Crippen LogP contribution in [0.2, 0.25) is 0 Å². The normalized spacial score (nSPS) is 32.2. The maximum atomic E-state index is 12.1. The fourth-order valence-electron chi connectivity index (χ4n) is 2.72. The number of carbonyl (C=O) groups is 1. The third-order valence-corrected chi connectivity index (χ3v) is 4.06. The summed E-state index contributed by atoms with van der Waals surface area (Å²) in [5.74, 6) is 1.88. The number of nitrogens with zero attached hydrogens (tertiary/aromatic N) is 1. The first-order valence-corrected chi connectivity index (χ1v) is 6.73. The van der Waals surface area contributed by atoms with Gasteiger partial charge in [-0.3, -0.25) is 10.1 Å². The van der Waals surface area contributed by atoms with Crippen LogP contribution in [0.5, 0.6) is 0 Å². The number of hydrogen-bond donors (Lipinski definition) is 1. The zero-order chi connectivity index (χ0) is 11.7. The summed E-state index contributed by atoms with van der Waals surface area (Å²) in [7, 11) is 0. The van der Waals surface area contributed by atoms with Crippen molar-refractivity contribution in [3.8, 4) is 0 Å². The second-order valence-corrected chi connectivity index (χ2v) is 5.36. The largest absolute Gasteiger partial charge is 0.326 e. The molecular formula is C13H24N2O. The lowest BCUT2D eigenvalue weighted by molar-refractivity contribution is -0.130. The molecule has 2 aliphatic rings. The van der Waals surface area contributed by atoms with E-state index in [1.165, 1.54) is 12.8 Å². The van der Waals surface area contributed by atoms with Crippen molar-refractivity contribution in [2.24, 2.45) is 11.8 Å². The van der Waals surface area contributed by atoms with Gasteiger partial charge in [0.2, 0.25) is 5.91 Å². The van der Waals surface area contributed by atoms with Crippen LogP contribution in [0.25, 0.3) is 0 Å². The van der Waals surface area contributed by atoms with Crippen LogP contribution in [0.1, 0.15) is 46.5 Å². The van der Waals surface area contributed by atoms with Gasteiger partial charge < -0.3 is 4.90 Å². The topological polar surface area (TPSA) is 32.3 Å². The van der Waals surface area contributed by atoms with Crippen LogP contribution >= 0.6 is 0 Å². The molecule has 3 heteroatoms. The van der Waals surface area contributed by atoms with Gasteiger partial charge in [0.05, 0.1) is 12.2 Å². The Kier molecular flexibility index (Phi) is 3.53. The lowest BCUT2D eigenvalue weighted by atomic mass is 10.1. The fraction of sp³-hybridized carbons (Fsp3) is 0.923. The summed E-state index contributed by atoms with van der Waals surface area (Å²) < 4.78 is 0. The number of carbonyl (C=O) groups excluding carboxylic acids is 1. The highest BCUT2D eigenvalue weighted by molar-refractivity contribution is 5.84. The quantitative estimate of drug-likeness (QED) is 0.774. The molecule has 3 nitrogen and oxygen atoms in total. The molecule has 1 N–H and O–H groups in total. The van der Waals surface area contributed by atoms with Gasteiger partial charge in [-0.15, -0.1) is 0 Å². The van der Waals surface area contributed by atoms with Gasteiger partial charge in [-0.25, -0.2) is 0 Å². The van der Waals surface area contributed by atoms with Crippen molar-refractivity contribution in [2.75, 3.05) is 6.54 Å². The van der Waals surface area contributed by atoms with Crippen LogP contribution in [0, 0.1) is 11.8 Å². The third-order valence-electron chi connectivity index (χ3n) is 4.06. The van der Waals surface area contributed by atoms with Gasteiger partial charge >= 0.3 is 0 Å². The average molecular weight is 224 g/mol. The van der Waals surface area contributed by atoms with Gasteiger partial charge in [0.25, 0.3) is 0 Å². The predicted octanol–water partition coefficient (Wildman–Crippen LogP) is 1.98. The van der Waals surface area contributed by atoms with Crippen LogP contribution in [-0.4, -0.2) is 29.6 Å². The molecule has 16 heavy (non-hydrogen) atoms. The first kappa shape index (κ1) is 11.9. The smallest absolute Gasteiger partial charge is 0.241 e. The van der Waals surface area contributed by atoms with Gasteiger partial charge in [0.15, 0.2) is 0 Å². The molecule has 1 amide bonds. The second-order valence-electron chi connectivity index (χ2n) is 5.36. The van der Waals surface area contributed by atoms with Crippen molar-refractivity contribution >= 4 is 5.91 Å². The van der Waals surface area contributed by atoms with Gasteiger partial charge in [-0.1, -0.05) is 20.8 Å². The minimum Gasteiger partial charge on any atom is -0.326 e. The molecule has 1 saturated carbocycles. The van der Waals surface area contributed by atoms with E-state index in [4.69, 9.17) is 0 Å². The van der Waals surface area contributed by atoms with Crippen molar-refractivity contribution in [1.82, 2.24) is 10.2 Å². The lowest BCUT2D eigenvalue weighted by Gasteiger charge is -2.26. The molecule has 0 radical (unpaired) electrons. The van der Waals surface area contributed by atoms with E-state index in [2.05, 4.69) is 31.0 Å². The van der Waals surface area contributed by atoms with Crippen molar-refractivity contribution < 1.29 is 4.79 Å². The summed E-state index contributed by atoms with van der Waals surface area (Å²) in [6, 6.07) is 0.0661. The maximum absolute atomic E-state index is 12.1. The highest BCUT2D eigenvalue weighted by Gasteiger charge is 2.39. The Labute approximate surface area is 98.6 Å². The average Bonchev–Trinajstić information content (AvgIpc) is 3.07. The van der Waals surface area contributed by atoms with Crippen LogP contribution < -0.4 is 5.32 Å². The summed E-state index contributed by atoms with van der Waals surface area (Å²) >= 11 is 0. The molecule has 1 aliphatic heterocycles. The number of nitrogens with one attached hydrogen (secondary N) is 1. The van der Waals surface area contributed by atoms with E-state index in [-0.39, 0.29) is 12.2 Å². The fourth-order valence-corrected chi connectivity index (χ4v) is 2.72. The first-order chi connectivity index (χ1) is 7.67. The number of hydrogen-bond acceptors (Lipinski definition) is 2. The van der Waals surface area contributed by atoms with E-state index in [9.17, 15) is 4.79 Å². The monoisotopic (exact) mass is 224 g/mol. The minimum atomic E-state index is 0.0661. The zero-order valence-corrected chi connectivity index (χ0v) is 10.7. The van der Waals surface area contributed by atoms with E-state index in [1.807, 2.05) is 0 Å². The molecule has 2 rings (SSSR count). The Morgan fingerprint density at radius 2 is 2.06 bits per heavy atom. The van der Waals surface area contributed by atoms with Crippen molar-refractivity contribution in [1.29, 1.82) is 0 Å². The molecule has 0 aromatic heterocycles. The highest BCUT2D eigenvalue weighted by Crippen LogP contribution is 2.37. The van der Waals surface area contributed by atoms with Gasteiger partial charge in [-0.2, -0.15) is 0 Å². The standard InChI is InChI=1S/C13H24N2O/c1-4-11-13(16)15(12(5-2)14-11)8-9(3)10-6-7-10/h9-12,14H,4-8H2,1-3H3. The molecule has 3 unspecified atom stereocenters. The predicted molar refractivity (Wildman–Crippen MR) is 64.9 cm³/mol. The number of rotatable bonds is 5. The Bertz CT molecular complexity index is 263. The van der Waals surface area contributed by atoms with Crippen LogP contribution in [0.3, 0.4) is 0 Å². The van der Waals surface area contributed by atoms with Gasteiger partial charge in [-0.05, 0) is 37.5 Å². The Balaban J connectivity index is 1.96. The zero-order valence-electron chi connectivity index (χ0n) is 10.7. The molecule has 92 valence electrons. The van der Waals surface area contributed by atoms with Crippen molar-refractivity contribution in [2.45, 2.75) is 58.7 Å². The van der Waals surface area contributed by atoms with E-state index < -0.39 is 0 Å². The van der Waals surface area contributed by atoms with E-state index in [0.717, 1.165) is 25.3 Å². The van der Waals surface area contributed by atoms with E-state index in [1.54, 1.807) is 0 Å². The van der Waals surface area contributed by atoms with Crippen LogP contribution in [0.15, 0.2) is 0 Å². The molecule has 3 atom stereocenters. The summed E-state index contributed by atoms with van der Waals surface area (Å²) in [6.07, 6.45) is 4.93. The van der Waals surface area contributed by atoms with Crippen molar-refractivity contribution in [3.05, 3.63) is 0 Å². The van der Waals surface area contributed by atoms with Gasteiger partial charge in [0, 0.05) is 6.54 Å². The SMILES string of the molecule is CCC1NC(CC)N(CC(C)C2CC2)C1=O. The maximum Gasteiger partial charge on any atom is 0.241 e.